The Hall–Kier alpha value is -1.92. The smallest absolute Gasteiger partial charge is 0.230 e. The van der Waals surface area contributed by atoms with E-state index in [0.717, 1.165) is 0 Å². The lowest BCUT2D eigenvalue weighted by Gasteiger charge is -2.38. The van der Waals surface area contributed by atoms with Gasteiger partial charge in [-0.25, -0.2) is 0 Å². The number of hydrogen-bond acceptors (Lipinski definition) is 6. The van der Waals surface area contributed by atoms with Crippen LogP contribution in [0.25, 0.3) is 0 Å². The lowest BCUT2D eigenvalue weighted by Crippen LogP contribution is -2.52. The number of methoxy groups -OCH3 is 3. The Morgan fingerprint density at radius 2 is 1.92 bits per heavy atom. The van der Waals surface area contributed by atoms with Crippen LogP contribution in [0.15, 0.2) is 17.9 Å². The second kappa shape index (κ2) is 5.86. The molecule has 1 aromatic carbocycles. The summed E-state index contributed by atoms with van der Waals surface area (Å²) in [6.07, 6.45) is 1.16. The summed E-state index contributed by atoms with van der Waals surface area (Å²) < 4.78 is 22.0. The Morgan fingerprint density at radius 3 is 2.50 bits per heavy atom. The van der Waals surface area contributed by atoms with E-state index in [1.165, 1.54) is 27.4 Å². The fourth-order valence-electron chi connectivity index (χ4n) is 3.45. The summed E-state index contributed by atoms with van der Waals surface area (Å²) in [6.45, 7) is 1.83. The molecule has 24 heavy (non-hydrogen) atoms. The monoisotopic (exact) mass is 354 g/mol. The Bertz CT molecular complexity index is 728. The van der Waals surface area contributed by atoms with E-state index >= 15 is 0 Å². The SMILES string of the molecule is COC1=C[C@H](O)C[C@@H](C)[C@@]12Oc1c(Cl)c(OC)cc(OC)c1C2=O. The Labute approximate surface area is 144 Å². The second-order valence-corrected chi connectivity index (χ2v) is 6.28. The number of halogens is 1. The highest BCUT2D eigenvalue weighted by molar-refractivity contribution is 6.35. The molecule has 6 nitrogen and oxygen atoms in total. The van der Waals surface area contributed by atoms with Crippen LogP contribution < -0.4 is 14.2 Å². The summed E-state index contributed by atoms with van der Waals surface area (Å²) in [7, 11) is 4.37. The Kier molecular flexibility index (Phi) is 4.13. The minimum atomic E-state index is -1.36. The average molecular weight is 355 g/mol. The maximum Gasteiger partial charge on any atom is 0.230 e. The number of Topliss-reactive ketones (excluding diaryl/α,β-unsaturated/α-hetero) is 1. The van der Waals surface area contributed by atoms with Crippen molar-refractivity contribution in [1.29, 1.82) is 0 Å². The summed E-state index contributed by atoms with van der Waals surface area (Å²) in [5.74, 6) is 0.534. The fraction of sp³-hybridized carbons (Fsp3) is 0.471. The van der Waals surface area contributed by atoms with Gasteiger partial charge in [-0.05, 0) is 12.5 Å². The van der Waals surface area contributed by atoms with Crippen LogP contribution in [0, 0.1) is 5.92 Å². The molecule has 0 saturated heterocycles. The lowest BCUT2D eigenvalue weighted by atomic mass is 9.75. The van der Waals surface area contributed by atoms with Crippen LogP contribution in [-0.2, 0) is 4.74 Å². The lowest BCUT2D eigenvalue weighted by molar-refractivity contribution is -0.00265. The Balaban J connectivity index is 2.24. The van der Waals surface area contributed by atoms with E-state index in [1.54, 1.807) is 6.07 Å². The van der Waals surface area contributed by atoms with Gasteiger partial charge >= 0.3 is 0 Å². The van der Waals surface area contributed by atoms with Crippen molar-refractivity contribution in [2.45, 2.75) is 25.0 Å². The van der Waals surface area contributed by atoms with Crippen molar-refractivity contribution in [1.82, 2.24) is 0 Å². The van der Waals surface area contributed by atoms with Gasteiger partial charge in [0, 0.05) is 12.0 Å². The molecule has 1 aliphatic heterocycles. The zero-order valence-electron chi connectivity index (χ0n) is 13.9. The van der Waals surface area contributed by atoms with Gasteiger partial charge in [0.1, 0.15) is 27.8 Å². The van der Waals surface area contributed by atoms with Crippen LogP contribution in [0.4, 0.5) is 0 Å². The normalized spacial score (nSPS) is 28.2. The molecular formula is C17H19ClO6. The van der Waals surface area contributed by atoms with Gasteiger partial charge in [0.15, 0.2) is 5.75 Å². The number of ketones is 1. The van der Waals surface area contributed by atoms with E-state index in [-0.39, 0.29) is 33.8 Å². The number of hydrogen-bond donors (Lipinski definition) is 1. The van der Waals surface area contributed by atoms with Crippen molar-refractivity contribution in [2.75, 3.05) is 21.3 Å². The summed E-state index contributed by atoms with van der Waals surface area (Å²) in [6, 6.07) is 1.56. The van der Waals surface area contributed by atoms with Crippen LogP contribution >= 0.6 is 11.6 Å². The molecule has 2 aliphatic rings. The van der Waals surface area contributed by atoms with E-state index in [1.807, 2.05) is 6.92 Å². The van der Waals surface area contributed by atoms with Gasteiger partial charge in [-0.15, -0.1) is 0 Å². The molecule has 1 aromatic rings. The number of carbonyl (C=O) groups is 1. The number of aliphatic hydroxyl groups is 1. The number of carbonyl (C=O) groups excluding carboxylic acids is 1. The number of ether oxygens (including phenoxy) is 4. The van der Waals surface area contributed by atoms with Gasteiger partial charge in [0.25, 0.3) is 0 Å². The van der Waals surface area contributed by atoms with Crippen molar-refractivity contribution in [3.63, 3.8) is 0 Å². The third-order valence-electron chi connectivity index (χ3n) is 4.64. The zero-order chi connectivity index (χ0) is 17.6. The highest BCUT2D eigenvalue weighted by Gasteiger charge is 2.59. The standard InChI is InChI=1S/C17H19ClO6/c1-8-5-9(19)6-12(23-4)17(8)16(20)13-10(21-2)7-11(22-3)14(18)15(13)24-17/h6-9,19H,5H2,1-4H3/t8-,9-,17-/m1/s1. The van der Waals surface area contributed by atoms with Crippen molar-refractivity contribution < 1.29 is 28.8 Å². The second-order valence-electron chi connectivity index (χ2n) is 5.91. The maximum atomic E-state index is 13.3. The molecular weight excluding hydrogens is 336 g/mol. The maximum absolute atomic E-state index is 13.3. The highest BCUT2D eigenvalue weighted by atomic mass is 35.5. The summed E-state index contributed by atoms with van der Waals surface area (Å²) >= 11 is 6.35. The molecule has 3 atom stereocenters. The van der Waals surface area contributed by atoms with Crippen molar-refractivity contribution >= 4 is 17.4 Å². The third-order valence-corrected chi connectivity index (χ3v) is 5.00. The quantitative estimate of drug-likeness (QED) is 0.899. The van der Waals surface area contributed by atoms with Crippen LogP contribution in [-0.4, -0.2) is 43.9 Å². The number of rotatable bonds is 3. The molecule has 1 spiro atoms. The number of aliphatic hydroxyl groups excluding tert-OH is 1. The highest BCUT2D eigenvalue weighted by Crippen LogP contribution is 2.54. The summed E-state index contributed by atoms with van der Waals surface area (Å²) in [5, 5.41) is 10.2. The first-order valence-electron chi connectivity index (χ1n) is 7.53. The minimum Gasteiger partial charge on any atom is -0.497 e. The van der Waals surface area contributed by atoms with E-state index in [9.17, 15) is 9.90 Å². The largest absolute Gasteiger partial charge is 0.497 e. The summed E-state index contributed by atoms with van der Waals surface area (Å²) in [4.78, 5) is 13.3. The van der Waals surface area contributed by atoms with E-state index in [4.69, 9.17) is 30.5 Å². The van der Waals surface area contributed by atoms with Crippen LogP contribution in [0.3, 0.4) is 0 Å². The van der Waals surface area contributed by atoms with Gasteiger partial charge in [-0.2, -0.15) is 0 Å². The van der Waals surface area contributed by atoms with Gasteiger partial charge < -0.3 is 24.1 Å². The van der Waals surface area contributed by atoms with Crippen LogP contribution in [0.2, 0.25) is 5.02 Å². The average Bonchev–Trinajstić information content (AvgIpc) is 2.87. The number of fused-ring (bicyclic) bond motifs is 1. The first-order valence-corrected chi connectivity index (χ1v) is 7.91. The molecule has 0 bridgehead atoms. The van der Waals surface area contributed by atoms with Crippen molar-refractivity contribution in [2.24, 2.45) is 5.92 Å². The minimum absolute atomic E-state index is 0.201. The van der Waals surface area contributed by atoms with Gasteiger partial charge in [-0.3, -0.25) is 4.79 Å². The molecule has 0 amide bonds. The molecule has 1 aliphatic carbocycles. The van der Waals surface area contributed by atoms with Crippen LogP contribution in [0.5, 0.6) is 17.2 Å². The Morgan fingerprint density at radius 1 is 1.25 bits per heavy atom. The van der Waals surface area contributed by atoms with E-state index in [0.29, 0.717) is 17.9 Å². The molecule has 0 fully saturated rings. The molecule has 1 heterocycles. The molecule has 1 N–H and O–H groups in total. The van der Waals surface area contributed by atoms with Gasteiger partial charge in [0.05, 0.1) is 27.4 Å². The van der Waals surface area contributed by atoms with Crippen LogP contribution in [0.1, 0.15) is 23.7 Å². The molecule has 130 valence electrons. The summed E-state index contributed by atoms with van der Waals surface area (Å²) in [5.41, 5.74) is -1.10. The van der Waals surface area contributed by atoms with E-state index in [2.05, 4.69) is 0 Å². The number of benzene rings is 1. The molecule has 3 rings (SSSR count). The van der Waals surface area contributed by atoms with Gasteiger partial charge in [0.2, 0.25) is 11.4 Å². The van der Waals surface area contributed by atoms with Crippen molar-refractivity contribution in [3.8, 4) is 17.2 Å². The van der Waals surface area contributed by atoms with Crippen molar-refractivity contribution in [3.05, 3.63) is 28.5 Å². The zero-order valence-corrected chi connectivity index (χ0v) is 14.6. The fourth-order valence-corrected chi connectivity index (χ4v) is 3.71. The molecule has 0 unspecified atom stereocenters. The predicted molar refractivity (Wildman–Crippen MR) is 87.1 cm³/mol. The molecule has 0 aromatic heterocycles. The molecule has 0 saturated carbocycles. The third kappa shape index (κ3) is 2.09. The predicted octanol–water partition coefficient (Wildman–Crippen LogP) is 2.60. The molecule has 0 radical (unpaired) electrons. The first-order chi connectivity index (χ1) is 11.4. The molecule has 7 heteroatoms. The van der Waals surface area contributed by atoms with Gasteiger partial charge in [-0.1, -0.05) is 18.5 Å². The topological polar surface area (TPSA) is 74.2 Å². The first kappa shape index (κ1) is 16.9. The van der Waals surface area contributed by atoms with E-state index < -0.39 is 11.7 Å².